The van der Waals surface area contributed by atoms with Crippen LogP contribution in [0.25, 0.3) is 22.2 Å². The van der Waals surface area contributed by atoms with Crippen LogP contribution in [0.3, 0.4) is 0 Å². The number of alkyl halides is 7. The van der Waals surface area contributed by atoms with Crippen LogP contribution in [-0.4, -0.2) is 73.5 Å². The molecule has 1 fully saturated rings. The van der Waals surface area contributed by atoms with Crippen molar-refractivity contribution in [1.29, 1.82) is 5.26 Å². The Morgan fingerprint density at radius 2 is 1.51 bits per heavy atom. The number of hydrogen-bond acceptors (Lipinski definition) is 12. The quantitative estimate of drug-likeness (QED) is 0.0943. The summed E-state index contributed by atoms with van der Waals surface area (Å²) in [5, 5.41) is 15.5. The molecule has 7 rings (SSSR count). The molecule has 1 aliphatic carbocycles. The van der Waals surface area contributed by atoms with E-state index in [9.17, 15) is 45.6 Å². The molecule has 1 aliphatic rings. The molecule has 2 amide bonds. The summed E-state index contributed by atoms with van der Waals surface area (Å²) >= 11 is 0. The number of nitrogens with zero attached hydrogens (tertiary/aromatic N) is 11. The average Bonchev–Trinajstić information content (AvgIpc) is 3.70. The van der Waals surface area contributed by atoms with Gasteiger partial charge in [0.2, 0.25) is 0 Å². The second kappa shape index (κ2) is 18.1. The number of hydrogen-bond donors (Lipinski definition) is 2. The molecule has 0 saturated heterocycles. The van der Waals surface area contributed by atoms with E-state index >= 15 is 0 Å². The first-order valence-corrected chi connectivity index (χ1v) is 20.4. The molecule has 1 saturated carbocycles. The number of imidazole rings is 2. The Labute approximate surface area is 366 Å². The molecule has 0 spiro atoms. The number of carbonyl (C=O) groups excluding carboxylic acids is 2. The molecular weight excluding hydrogens is 868 g/mol. The first kappa shape index (κ1) is 46.3. The summed E-state index contributed by atoms with van der Waals surface area (Å²) in [5.74, 6) is -2.00. The van der Waals surface area contributed by atoms with Gasteiger partial charge in [0.05, 0.1) is 53.2 Å². The van der Waals surface area contributed by atoms with Gasteiger partial charge in [0.25, 0.3) is 18.2 Å². The van der Waals surface area contributed by atoms with Crippen molar-refractivity contribution in [3.63, 3.8) is 0 Å². The summed E-state index contributed by atoms with van der Waals surface area (Å²) in [4.78, 5) is 61.1. The number of carbonyl (C=O) groups is 2. The molecule has 0 aliphatic heterocycles. The lowest BCUT2D eigenvalue weighted by Gasteiger charge is -2.27. The first-order valence-electron chi connectivity index (χ1n) is 20.4. The molecule has 6 heterocycles. The Morgan fingerprint density at radius 1 is 0.846 bits per heavy atom. The third-order valence-electron chi connectivity index (χ3n) is 11.3. The Kier molecular flexibility index (Phi) is 12.9. The normalized spacial score (nSPS) is 17.1. The highest BCUT2D eigenvalue weighted by Gasteiger charge is 2.48. The standard InChI is InChI=1S/C42H42F7N13O3/c1-17(2)61-29-10-30(42(47,48)49)56-21(6)32(29)58-38(61)34(60-40(64)28-16-53-26(14-54-28)35(43)44)25-9-23(25)8-19(4)62-36-31(20(5)24(11-50)13-55-36)57-37(62)33(22(7)65-41(45)46)59-39(63)27-15-51-18(3)12-52-27/h10,12-17,19,22-23,25,33-35,41H,8-9H2,1-7H3,(H,59,63)(H,60,64)/t19?,22-,23?,25?,33+,34+/m1/s1. The van der Waals surface area contributed by atoms with Gasteiger partial charge < -0.3 is 24.5 Å². The number of pyridine rings is 2. The van der Waals surface area contributed by atoms with Crippen molar-refractivity contribution in [3.05, 3.63) is 94.0 Å². The number of aryl methyl sites for hydroxylation is 3. The first-order chi connectivity index (χ1) is 30.7. The lowest BCUT2D eigenvalue weighted by Crippen LogP contribution is -2.39. The van der Waals surface area contributed by atoms with Crippen molar-refractivity contribution >= 4 is 34.0 Å². The van der Waals surface area contributed by atoms with Crippen molar-refractivity contribution in [3.8, 4) is 6.07 Å². The van der Waals surface area contributed by atoms with Gasteiger partial charge in [0, 0.05) is 24.5 Å². The Hall–Kier alpha value is -6.70. The van der Waals surface area contributed by atoms with E-state index in [4.69, 9.17) is 14.7 Å². The highest BCUT2D eigenvalue weighted by atomic mass is 19.4. The summed E-state index contributed by atoms with van der Waals surface area (Å²) in [6.45, 7) is 8.09. The van der Waals surface area contributed by atoms with E-state index in [1.165, 1.54) is 32.4 Å². The summed E-state index contributed by atoms with van der Waals surface area (Å²) in [7, 11) is 0. The molecule has 65 heavy (non-hydrogen) atoms. The van der Waals surface area contributed by atoms with Crippen LogP contribution >= 0.6 is 0 Å². The Balaban J connectivity index is 1.30. The number of nitriles is 1. The van der Waals surface area contributed by atoms with E-state index in [2.05, 4.69) is 46.6 Å². The molecule has 6 aromatic rings. The molecule has 0 radical (unpaired) electrons. The van der Waals surface area contributed by atoms with E-state index < -0.39 is 78.6 Å². The zero-order chi connectivity index (χ0) is 47.2. The predicted octanol–water partition coefficient (Wildman–Crippen LogP) is 7.95. The maximum atomic E-state index is 14.0. The Morgan fingerprint density at radius 3 is 2.09 bits per heavy atom. The van der Waals surface area contributed by atoms with Gasteiger partial charge in [-0.2, -0.15) is 27.2 Å². The fourth-order valence-electron chi connectivity index (χ4n) is 8.10. The van der Waals surface area contributed by atoms with Crippen molar-refractivity contribution in [2.24, 2.45) is 11.8 Å². The maximum Gasteiger partial charge on any atom is 0.433 e. The lowest BCUT2D eigenvalue weighted by atomic mass is 10.0. The molecule has 342 valence electrons. The van der Waals surface area contributed by atoms with E-state index in [-0.39, 0.29) is 62.4 Å². The van der Waals surface area contributed by atoms with Gasteiger partial charge in [-0.25, -0.2) is 38.7 Å². The fourth-order valence-corrected chi connectivity index (χ4v) is 8.10. The van der Waals surface area contributed by atoms with E-state index in [0.29, 0.717) is 24.1 Å². The van der Waals surface area contributed by atoms with Crippen LogP contribution in [-0.2, 0) is 10.9 Å². The largest absolute Gasteiger partial charge is 0.433 e. The number of nitrogens with one attached hydrogen (secondary N) is 2. The zero-order valence-corrected chi connectivity index (χ0v) is 35.9. The second-order valence-corrected chi connectivity index (χ2v) is 16.2. The summed E-state index contributed by atoms with van der Waals surface area (Å²) in [5.41, 5.74) is -0.220. The lowest BCUT2D eigenvalue weighted by molar-refractivity contribution is -0.165. The van der Waals surface area contributed by atoms with E-state index in [0.717, 1.165) is 18.5 Å². The number of rotatable bonds is 15. The zero-order valence-electron chi connectivity index (χ0n) is 35.9. The van der Waals surface area contributed by atoms with Crippen molar-refractivity contribution < 1.29 is 45.1 Å². The van der Waals surface area contributed by atoms with Gasteiger partial charge in [-0.3, -0.25) is 19.6 Å². The van der Waals surface area contributed by atoms with Crippen LogP contribution < -0.4 is 10.6 Å². The molecule has 6 aromatic heterocycles. The second-order valence-electron chi connectivity index (χ2n) is 16.2. The van der Waals surface area contributed by atoms with Gasteiger partial charge in [-0.1, -0.05) is 0 Å². The number of halogens is 7. The van der Waals surface area contributed by atoms with Crippen molar-refractivity contribution in [2.45, 2.75) is 111 Å². The summed E-state index contributed by atoms with van der Waals surface area (Å²) in [6.07, 6.45) is -2.77. The molecule has 2 N–H and O–H groups in total. The minimum absolute atomic E-state index is 0.00189. The SMILES string of the molecule is Cc1cnc(C(=O)N[C@H](c2nc3c(C)c(C#N)cnc3n2C(C)CC2CC2[C@H](NC(=O)c2cnc(C(F)F)cn2)c2nc3c(C)nc(C(F)(F)F)cc3n2C(C)C)[C@@H](C)OC(F)F)cn1. The van der Waals surface area contributed by atoms with Crippen LogP contribution in [0.1, 0.15) is 138 Å². The molecule has 0 aromatic carbocycles. The summed E-state index contributed by atoms with van der Waals surface area (Å²) < 4.78 is 105. The number of fused-ring (bicyclic) bond motifs is 2. The average molecular weight is 910 g/mol. The van der Waals surface area contributed by atoms with Crippen molar-refractivity contribution in [2.75, 3.05) is 0 Å². The number of amides is 2. The van der Waals surface area contributed by atoms with Crippen LogP contribution in [0.5, 0.6) is 0 Å². The molecule has 0 bridgehead atoms. The minimum atomic E-state index is -4.78. The van der Waals surface area contributed by atoms with Gasteiger partial charge in [0.15, 0.2) is 5.65 Å². The van der Waals surface area contributed by atoms with Gasteiger partial charge in [0.1, 0.15) is 57.6 Å². The predicted molar refractivity (Wildman–Crippen MR) is 216 cm³/mol. The highest BCUT2D eigenvalue weighted by Crippen LogP contribution is 2.52. The monoisotopic (exact) mass is 909 g/mol. The van der Waals surface area contributed by atoms with Gasteiger partial charge >= 0.3 is 12.8 Å². The van der Waals surface area contributed by atoms with Gasteiger partial charge in [-0.05, 0) is 84.8 Å². The minimum Gasteiger partial charge on any atom is -0.340 e. The fraction of sp³-hybridized carbons (Fsp3) is 0.452. The smallest absolute Gasteiger partial charge is 0.340 e. The van der Waals surface area contributed by atoms with Crippen LogP contribution in [0.2, 0.25) is 0 Å². The third-order valence-corrected chi connectivity index (χ3v) is 11.3. The molecule has 23 heteroatoms. The third kappa shape index (κ3) is 9.43. The van der Waals surface area contributed by atoms with Crippen LogP contribution in [0.4, 0.5) is 30.7 Å². The number of aromatic nitrogens is 10. The molecule has 16 nitrogen and oxygen atoms in total. The molecular formula is C42H42F7N13O3. The van der Waals surface area contributed by atoms with Crippen LogP contribution in [0, 0.1) is 43.9 Å². The van der Waals surface area contributed by atoms with Gasteiger partial charge in [-0.15, -0.1) is 0 Å². The van der Waals surface area contributed by atoms with Crippen molar-refractivity contribution in [1.82, 2.24) is 59.6 Å². The Bertz CT molecular complexity index is 2790. The number of ether oxygens (including phenoxy) is 1. The molecule has 3 unspecified atom stereocenters. The topological polar surface area (TPSA) is 204 Å². The van der Waals surface area contributed by atoms with E-state index in [1.54, 1.807) is 36.8 Å². The summed E-state index contributed by atoms with van der Waals surface area (Å²) in [6, 6.07) is -0.437. The maximum absolute atomic E-state index is 14.0. The van der Waals surface area contributed by atoms with E-state index in [1.807, 2.05) is 6.92 Å². The van der Waals surface area contributed by atoms with Crippen LogP contribution in [0.15, 0.2) is 37.1 Å². The highest BCUT2D eigenvalue weighted by molar-refractivity contribution is 5.93. The molecule has 6 atom stereocenters.